The van der Waals surface area contributed by atoms with Crippen molar-refractivity contribution in [3.05, 3.63) is 98.8 Å². The highest BCUT2D eigenvalue weighted by molar-refractivity contribution is 6.52. The van der Waals surface area contributed by atoms with Crippen LogP contribution in [-0.4, -0.2) is 23.9 Å². The number of rotatable bonds is 4. The van der Waals surface area contributed by atoms with Crippen molar-refractivity contribution in [2.75, 3.05) is 12.0 Å². The second-order valence-electron chi connectivity index (χ2n) is 9.49. The molecule has 0 aromatic heterocycles. The topological polar surface area (TPSA) is 66.8 Å². The third-order valence-corrected chi connectivity index (χ3v) is 6.77. The zero-order valence-electron chi connectivity index (χ0n) is 20.1. The Morgan fingerprint density at radius 3 is 2.22 bits per heavy atom. The van der Waals surface area contributed by atoms with E-state index in [9.17, 15) is 19.1 Å². The van der Waals surface area contributed by atoms with Gasteiger partial charge in [0.05, 0.1) is 28.8 Å². The van der Waals surface area contributed by atoms with Crippen molar-refractivity contribution >= 4 is 46.3 Å². The van der Waals surface area contributed by atoms with Gasteiger partial charge in [-0.2, -0.15) is 0 Å². The highest BCUT2D eigenvalue weighted by atomic mass is 35.5. The number of anilines is 1. The number of carbonyl (C=O) groups excluding carboxylic acids is 2. The van der Waals surface area contributed by atoms with Gasteiger partial charge in [-0.25, -0.2) is 4.39 Å². The lowest BCUT2D eigenvalue weighted by Crippen LogP contribution is -2.29. The van der Waals surface area contributed by atoms with Crippen LogP contribution >= 0.6 is 23.2 Å². The molecule has 1 fully saturated rings. The SMILES string of the molecule is COc1ccc(Cl)c(/C(O)=C2\C(=O)C(=O)N(c3ccc(F)c(Cl)c3)C2c2ccc(C(C)(C)C)cc2)c1. The molecule has 0 bridgehead atoms. The number of hydrogen-bond acceptors (Lipinski definition) is 4. The summed E-state index contributed by atoms with van der Waals surface area (Å²) in [5.74, 6) is -2.49. The van der Waals surface area contributed by atoms with Crippen LogP contribution in [0.1, 0.15) is 43.5 Å². The number of aliphatic hydroxyl groups excluding tert-OH is 1. The number of nitrogens with zero attached hydrogens (tertiary/aromatic N) is 1. The molecular formula is C28H24Cl2FNO4. The van der Waals surface area contributed by atoms with Crippen LogP contribution in [0.4, 0.5) is 10.1 Å². The first-order chi connectivity index (χ1) is 16.9. The van der Waals surface area contributed by atoms with E-state index < -0.39 is 29.3 Å². The monoisotopic (exact) mass is 527 g/mol. The number of carbonyl (C=O) groups is 2. The first-order valence-corrected chi connectivity index (χ1v) is 11.9. The van der Waals surface area contributed by atoms with Crippen molar-refractivity contribution in [1.29, 1.82) is 0 Å². The summed E-state index contributed by atoms with van der Waals surface area (Å²) in [7, 11) is 1.46. The Balaban J connectivity index is 1.97. The van der Waals surface area contributed by atoms with Gasteiger partial charge in [-0.1, -0.05) is 68.2 Å². The molecule has 5 nitrogen and oxygen atoms in total. The fourth-order valence-electron chi connectivity index (χ4n) is 4.17. The lowest BCUT2D eigenvalue weighted by atomic mass is 9.85. The van der Waals surface area contributed by atoms with Gasteiger partial charge in [0.2, 0.25) is 0 Å². The molecule has 0 saturated carbocycles. The van der Waals surface area contributed by atoms with E-state index in [2.05, 4.69) is 20.8 Å². The maximum Gasteiger partial charge on any atom is 0.300 e. The van der Waals surface area contributed by atoms with Crippen molar-refractivity contribution < 1.29 is 23.8 Å². The second-order valence-corrected chi connectivity index (χ2v) is 10.3. The van der Waals surface area contributed by atoms with Gasteiger partial charge in [0.25, 0.3) is 11.7 Å². The molecule has 1 aliphatic rings. The fourth-order valence-corrected chi connectivity index (χ4v) is 4.55. The summed E-state index contributed by atoms with van der Waals surface area (Å²) in [5.41, 5.74) is 1.69. The third-order valence-electron chi connectivity index (χ3n) is 6.15. The Bertz CT molecular complexity index is 1390. The second kappa shape index (κ2) is 9.60. The summed E-state index contributed by atoms with van der Waals surface area (Å²) >= 11 is 12.3. The van der Waals surface area contributed by atoms with E-state index in [1.54, 1.807) is 18.2 Å². The molecule has 1 aliphatic heterocycles. The third kappa shape index (κ3) is 4.59. The Morgan fingerprint density at radius 2 is 1.64 bits per heavy atom. The molecule has 1 N–H and O–H groups in total. The minimum Gasteiger partial charge on any atom is -0.507 e. The molecular weight excluding hydrogens is 504 g/mol. The normalized spacial score (nSPS) is 17.5. The highest BCUT2D eigenvalue weighted by Crippen LogP contribution is 2.44. The van der Waals surface area contributed by atoms with E-state index in [1.165, 1.54) is 36.3 Å². The predicted octanol–water partition coefficient (Wildman–Crippen LogP) is 7.06. The van der Waals surface area contributed by atoms with Crippen LogP contribution in [0.3, 0.4) is 0 Å². The first-order valence-electron chi connectivity index (χ1n) is 11.1. The van der Waals surface area contributed by atoms with Gasteiger partial charge < -0.3 is 9.84 Å². The number of hydrogen-bond donors (Lipinski definition) is 1. The number of Topliss-reactive ketones (excluding diaryl/α,β-unsaturated/α-hetero) is 1. The summed E-state index contributed by atoms with van der Waals surface area (Å²) < 4.78 is 19.1. The Kier molecular flexibility index (Phi) is 6.86. The molecule has 1 heterocycles. The van der Waals surface area contributed by atoms with Crippen molar-refractivity contribution in [1.82, 2.24) is 0 Å². The Hall–Kier alpha value is -3.35. The van der Waals surface area contributed by atoms with Gasteiger partial charge in [-0.05, 0) is 52.9 Å². The quantitative estimate of drug-likeness (QED) is 0.224. The van der Waals surface area contributed by atoms with E-state index in [0.29, 0.717) is 11.3 Å². The summed E-state index contributed by atoms with van der Waals surface area (Å²) in [5, 5.41) is 11.3. The largest absolute Gasteiger partial charge is 0.507 e. The lowest BCUT2D eigenvalue weighted by Gasteiger charge is -2.27. The Labute approximate surface area is 218 Å². The molecule has 3 aromatic carbocycles. The van der Waals surface area contributed by atoms with Crippen LogP contribution in [0.15, 0.2) is 66.2 Å². The summed E-state index contributed by atoms with van der Waals surface area (Å²) in [4.78, 5) is 27.9. The molecule has 1 unspecified atom stereocenters. The molecule has 1 amide bonds. The van der Waals surface area contributed by atoms with Crippen LogP contribution in [0.5, 0.6) is 5.75 Å². The average Bonchev–Trinajstić information content (AvgIpc) is 3.10. The molecule has 0 radical (unpaired) electrons. The van der Waals surface area contributed by atoms with Crippen LogP contribution in [-0.2, 0) is 15.0 Å². The Morgan fingerprint density at radius 1 is 0.972 bits per heavy atom. The van der Waals surface area contributed by atoms with Crippen molar-refractivity contribution in [3.63, 3.8) is 0 Å². The van der Waals surface area contributed by atoms with Crippen LogP contribution in [0.25, 0.3) is 5.76 Å². The molecule has 3 aromatic rings. The lowest BCUT2D eigenvalue weighted by molar-refractivity contribution is -0.132. The zero-order chi connectivity index (χ0) is 26.4. The molecule has 8 heteroatoms. The predicted molar refractivity (Wildman–Crippen MR) is 139 cm³/mol. The van der Waals surface area contributed by atoms with E-state index in [1.807, 2.05) is 12.1 Å². The molecule has 36 heavy (non-hydrogen) atoms. The number of amides is 1. The molecule has 1 atom stereocenters. The van der Waals surface area contributed by atoms with Gasteiger partial charge in [0.1, 0.15) is 17.3 Å². The van der Waals surface area contributed by atoms with E-state index in [4.69, 9.17) is 27.9 Å². The number of halogens is 3. The number of ether oxygens (including phenoxy) is 1. The maximum atomic E-state index is 13.9. The van der Waals surface area contributed by atoms with Gasteiger partial charge >= 0.3 is 0 Å². The standard InChI is InChI=1S/C28H24Cl2FNO4/c1-28(2,3)16-7-5-15(6-8-16)24-23(25(33)19-14-18(36-4)10-11-20(19)29)26(34)27(35)32(24)17-9-12-22(31)21(30)13-17/h5-14,24,33H,1-4H3/b25-23+. The minimum atomic E-state index is -1.01. The number of benzene rings is 3. The minimum absolute atomic E-state index is 0.126. The highest BCUT2D eigenvalue weighted by Gasteiger charge is 2.47. The van der Waals surface area contributed by atoms with Gasteiger partial charge in [0, 0.05) is 11.3 Å². The van der Waals surface area contributed by atoms with Gasteiger partial charge in [-0.15, -0.1) is 0 Å². The van der Waals surface area contributed by atoms with Crippen LogP contribution < -0.4 is 9.64 Å². The van der Waals surface area contributed by atoms with Gasteiger partial charge in [0.15, 0.2) is 0 Å². The fraction of sp³-hybridized carbons (Fsp3) is 0.214. The summed E-state index contributed by atoms with van der Waals surface area (Å²) in [6.45, 7) is 6.21. The maximum absolute atomic E-state index is 13.9. The van der Waals surface area contributed by atoms with Crippen LogP contribution in [0.2, 0.25) is 10.0 Å². The van der Waals surface area contributed by atoms with Gasteiger partial charge in [-0.3, -0.25) is 14.5 Å². The number of methoxy groups -OCH3 is 1. The smallest absolute Gasteiger partial charge is 0.300 e. The van der Waals surface area contributed by atoms with Crippen molar-refractivity contribution in [2.45, 2.75) is 32.2 Å². The van der Waals surface area contributed by atoms with Crippen LogP contribution in [0, 0.1) is 5.82 Å². The average molecular weight is 528 g/mol. The van der Waals surface area contributed by atoms with E-state index in [0.717, 1.165) is 11.6 Å². The number of ketones is 1. The van der Waals surface area contributed by atoms with E-state index >= 15 is 0 Å². The molecule has 186 valence electrons. The van der Waals surface area contributed by atoms with Crippen molar-refractivity contribution in [2.24, 2.45) is 0 Å². The molecule has 0 spiro atoms. The van der Waals surface area contributed by atoms with E-state index in [-0.39, 0.29) is 32.3 Å². The molecule has 4 rings (SSSR count). The molecule has 0 aliphatic carbocycles. The zero-order valence-corrected chi connectivity index (χ0v) is 21.6. The van der Waals surface area contributed by atoms with Crippen molar-refractivity contribution in [3.8, 4) is 5.75 Å². The first kappa shape index (κ1) is 25.7. The number of aliphatic hydroxyl groups is 1. The summed E-state index contributed by atoms with van der Waals surface area (Å²) in [6.07, 6.45) is 0. The molecule has 1 saturated heterocycles. The summed E-state index contributed by atoms with van der Waals surface area (Å²) in [6, 6.07) is 14.8.